The number of aryl methyl sites for hydroxylation is 1. The van der Waals surface area contributed by atoms with Gasteiger partial charge < -0.3 is 26.2 Å². The first-order valence-electron chi connectivity index (χ1n) is 11.6. The SMILES string of the molecule is C=C(NCC1CCCN(c2cnc(C(N)=O)c(Nc3cc(C)ns3)n2)C1)c1ccc(N(C)C)cc1. The van der Waals surface area contributed by atoms with Crippen LogP contribution in [0.4, 0.5) is 22.3 Å². The smallest absolute Gasteiger partial charge is 0.271 e. The third kappa shape index (κ3) is 6.07. The van der Waals surface area contributed by atoms with Gasteiger partial charge in [0.15, 0.2) is 11.5 Å². The maximum atomic E-state index is 11.9. The van der Waals surface area contributed by atoms with E-state index < -0.39 is 5.91 Å². The van der Waals surface area contributed by atoms with Crippen molar-refractivity contribution < 1.29 is 4.79 Å². The van der Waals surface area contributed by atoms with E-state index in [1.807, 2.05) is 27.1 Å². The Morgan fingerprint density at radius 2 is 2.09 bits per heavy atom. The summed E-state index contributed by atoms with van der Waals surface area (Å²) in [7, 11) is 4.06. The van der Waals surface area contributed by atoms with E-state index in [0.717, 1.165) is 65.9 Å². The lowest BCUT2D eigenvalue weighted by molar-refractivity contribution is 0.0996. The van der Waals surface area contributed by atoms with Gasteiger partial charge in [0.1, 0.15) is 10.8 Å². The van der Waals surface area contributed by atoms with Crippen LogP contribution in [0.5, 0.6) is 0 Å². The Labute approximate surface area is 210 Å². The van der Waals surface area contributed by atoms with Crippen molar-refractivity contribution >= 4 is 45.5 Å². The molecule has 0 saturated carbocycles. The molecular formula is C25H32N8OS. The average Bonchev–Trinajstić information content (AvgIpc) is 3.27. The first-order chi connectivity index (χ1) is 16.8. The molecule has 1 unspecified atom stereocenters. The minimum atomic E-state index is -0.620. The highest BCUT2D eigenvalue weighted by molar-refractivity contribution is 7.10. The second kappa shape index (κ2) is 10.7. The minimum absolute atomic E-state index is 0.117. The number of piperidine rings is 1. The molecule has 1 aliphatic heterocycles. The summed E-state index contributed by atoms with van der Waals surface area (Å²) in [5, 5.41) is 7.46. The molecule has 9 nitrogen and oxygen atoms in total. The van der Waals surface area contributed by atoms with E-state index in [4.69, 9.17) is 10.7 Å². The van der Waals surface area contributed by atoms with E-state index in [-0.39, 0.29) is 5.69 Å². The van der Waals surface area contributed by atoms with Crippen molar-refractivity contribution in [2.75, 3.05) is 48.8 Å². The molecule has 0 aliphatic carbocycles. The third-order valence-electron chi connectivity index (χ3n) is 6.04. The molecule has 4 rings (SSSR count). The summed E-state index contributed by atoms with van der Waals surface area (Å²) in [6.07, 6.45) is 3.80. The fraction of sp³-hybridized carbons (Fsp3) is 0.360. The molecule has 184 valence electrons. The lowest BCUT2D eigenvalue weighted by Gasteiger charge is -2.34. The molecule has 3 heterocycles. The van der Waals surface area contributed by atoms with Crippen molar-refractivity contribution in [3.8, 4) is 0 Å². The number of hydrogen-bond acceptors (Lipinski definition) is 9. The summed E-state index contributed by atoms with van der Waals surface area (Å²) in [6.45, 7) is 8.68. The molecule has 1 aromatic carbocycles. The molecule has 1 saturated heterocycles. The summed E-state index contributed by atoms with van der Waals surface area (Å²) < 4.78 is 4.27. The van der Waals surface area contributed by atoms with Crippen LogP contribution in [0.25, 0.3) is 5.70 Å². The van der Waals surface area contributed by atoms with Crippen molar-refractivity contribution in [2.24, 2.45) is 11.7 Å². The Balaban J connectivity index is 1.41. The number of carbonyl (C=O) groups excluding carboxylic acids is 1. The van der Waals surface area contributed by atoms with Crippen molar-refractivity contribution in [2.45, 2.75) is 19.8 Å². The molecule has 0 radical (unpaired) electrons. The number of primary amides is 1. The van der Waals surface area contributed by atoms with E-state index >= 15 is 0 Å². The Kier molecular flexibility index (Phi) is 7.50. The summed E-state index contributed by atoms with van der Waals surface area (Å²) in [5.41, 5.74) is 9.71. The van der Waals surface area contributed by atoms with Crippen LogP contribution < -0.4 is 26.2 Å². The zero-order valence-corrected chi connectivity index (χ0v) is 21.2. The molecule has 1 amide bonds. The van der Waals surface area contributed by atoms with Crippen molar-refractivity contribution in [3.63, 3.8) is 0 Å². The van der Waals surface area contributed by atoms with E-state index in [1.165, 1.54) is 11.5 Å². The van der Waals surface area contributed by atoms with Gasteiger partial charge >= 0.3 is 0 Å². The second-order valence-corrected chi connectivity index (χ2v) is 9.81. The minimum Gasteiger partial charge on any atom is -0.385 e. The van der Waals surface area contributed by atoms with Crippen LogP contribution >= 0.6 is 11.5 Å². The number of nitrogens with one attached hydrogen (secondary N) is 2. The van der Waals surface area contributed by atoms with E-state index in [1.54, 1.807) is 6.20 Å². The fourth-order valence-corrected chi connectivity index (χ4v) is 4.77. The molecule has 10 heteroatoms. The van der Waals surface area contributed by atoms with Crippen LogP contribution in [0.3, 0.4) is 0 Å². The summed E-state index contributed by atoms with van der Waals surface area (Å²) in [6, 6.07) is 10.3. The molecule has 1 fully saturated rings. The number of carbonyl (C=O) groups is 1. The Bertz CT molecular complexity index is 1190. The van der Waals surface area contributed by atoms with Crippen molar-refractivity contribution in [1.82, 2.24) is 19.7 Å². The molecule has 0 bridgehead atoms. The van der Waals surface area contributed by atoms with Crippen LogP contribution in [-0.4, -0.2) is 54.0 Å². The van der Waals surface area contributed by atoms with Gasteiger partial charge in [0.05, 0.1) is 11.9 Å². The van der Waals surface area contributed by atoms with Gasteiger partial charge in [0, 0.05) is 45.1 Å². The van der Waals surface area contributed by atoms with Gasteiger partial charge in [-0.25, -0.2) is 9.97 Å². The highest BCUT2D eigenvalue weighted by Gasteiger charge is 2.23. The molecule has 1 aliphatic rings. The number of nitrogens with two attached hydrogens (primary N) is 1. The lowest BCUT2D eigenvalue weighted by atomic mass is 9.97. The number of aromatic nitrogens is 3. The monoisotopic (exact) mass is 492 g/mol. The maximum Gasteiger partial charge on any atom is 0.271 e. The number of anilines is 4. The number of benzene rings is 1. The van der Waals surface area contributed by atoms with Gasteiger partial charge in [0.2, 0.25) is 0 Å². The highest BCUT2D eigenvalue weighted by atomic mass is 32.1. The molecule has 4 N–H and O–H groups in total. The number of rotatable bonds is 9. The second-order valence-electron chi connectivity index (χ2n) is 9.00. The number of hydrogen-bond donors (Lipinski definition) is 3. The van der Waals surface area contributed by atoms with Crippen LogP contribution in [0.2, 0.25) is 0 Å². The predicted molar refractivity (Wildman–Crippen MR) is 143 cm³/mol. The van der Waals surface area contributed by atoms with Crippen molar-refractivity contribution in [3.05, 3.63) is 60.1 Å². The van der Waals surface area contributed by atoms with Crippen LogP contribution in [0, 0.1) is 12.8 Å². The van der Waals surface area contributed by atoms with Crippen LogP contribution in [0.1, 0.15) is 34.6 Å². The van der Waals surface area contributed by atoms with E-state index in [9.17, 15) is 4.79 Å². The van der Waals surface area contributed by atoms with Crippen LogP contribution in [0.15, 0.2) is 43.1 Å². The topological polar surface area (TPSA) is 112 Å². The zero-order valence-electron chi connectivity index (χ0n) is 20.4. The standard InChI is InChI=1S/C25H32N8OS/c1-16-12-22(35-31-16)30-25-23(24(26)34)28-14-21(29-25)33-11-5-6-18(15-33)13-27-17(2)19-7-9-20(10-8-19)32(3)4/h7-10,12,14,18,27H,2,5-6,11,13,15H2,1,3-4H3,(H2,26,34)(H,29,30). The van der Waals surface area contributed by atoms with Gasteiger partial charge in [0.25, 0.3) is 5.91 Å². The summed E-state index contributed by atoms with van der Waals surface area (Å²) >= 11 is 1.30. The predicted octanol–water partition coefficient (Wildman–Crippen LogP) is 3.63. The van der Waals surface area contributed by atoms with Crippen LogP contribution in [-0.2, 0) is 0 Å². The maximum absolute atomic E-state index is 11.9. The highest BCUT2D eigenvalue weighted by Crippen LogP contribution is 2.27. The Morgan fingerprint density at radius 3 is 2.74 bits per heavy atom. The first-order valence-corrected chi connectivity index (χ1v) is 12.4. The fourth-order valence-electron chi connectivity index (χ4n) is 4.11. The largest absolute Gasteiger partial charge is 0.385 e. The van der Waals surface area contributed by atoms with E-state index in [0.29, 0.717) is 11.7 Å². The summed E-state index contributed by atoms with van der Waals surface area (Å²) in [4.78, 5) is 25.2. The van der Waals surface area contributed by atoms with Crippen molar-refractivity contribution in [1.29, 1.82) is 0 Å². The van der Waals surface area contributed by atoms with Gasteiger partial charge in [-0.2, -0.15) is 4.37 Å². The Morgan fingerprint density at radius 1 is 1.31 bits per heavy atom. The normalized spacial score (nSPS) is 15.5. The van der Waals surface area contributed by atoms with Gasteiger partial charge in [-0.3, -0.25) is 4.79 Å². The first kappa shape index (κ1) is 24.5. The van der Waals surface area contributed by atoms with E-state index in [2.05, 4.69) is 60.6 Å². The number of amides is 1. The molecule has 35 heavy (non-hydrogen) atoms. The van der Waals surface area contributed by atoms with Gasteiger partial charge in [-0.05, 0) is 61.0 Å². The van der Waals surface area contributed by atoms with Gasteiger partial charge in [-0.15, -0.1) is 0 Å². The molecule has 3 aromatic rings. The average molecular weight is 493 g/mol. The third-order valence-corrected chi connectivity index (χ3v) is 6.84. The zero-order chi connectivity index (χ0) is 24.9. The molecule has 2 aromatic heterocycles. The molecular weight excluding hydrogens is 460 g/mol. The lowest BCUT2D eigenvalue weighted by Crippen LogP contribution is -2.40. The molecule has 0 spiro atoms. The number of nitrogens with zero attached hydrogens (tertiary/aromatic N) is 5. The van der Waals surface area contributed by atoms with Gasteiger partial charge in [-0.1, -0.05) is 18.7 Å². The molecule has 1 atom stereocenters. The summed E-state index contributed by atoms with van der Waals surface area (Å²) in [5.74, 6) is 0.889. The Hall–Kier alpha value is -3.66. The quantitative estimate of drug-likeness (QED) is 0.415.